The number of carbonyl (C=O) groups is 1. The number of benzene rings is 2. The van der Waals surface area contributed by atoms with Crippen molar-refractivity contribution in [1.29, 1.82) is 0 Å². The van der Waals surface area contributed by atoms with Crippen LogP contribution in [0.25, 0.3) is 0 Å². The Morgan fingerprint density at radius 1 is 1.24 bits per heavy atom. The third kappa shape index (κ3) is 5.99. The van der Waals surface area contributed by atoms with Crippen molar-refractivity contribution < 1.29 is 22.7 Å². The largest absolute Gasteiger partial charge is 0.497 e. The second-order valence-electron chi connectivity index (χ2n) is 9.25. The van der Waals surface area contributed by atoms with Gasteiger partial charge >= 0.3 is 0 Å². The van der Waals surface area contributed by atoms with Crippen molar-refractivity contribution in [2.45, 2.75) is 58.6 Å². The van der Waals surface area contributed by atoms with Crippen molar-refractivity contribution in [3.05, 3.63) is 53.1 Å². The summed E-state index contributed by atoms with van der Waals surface area (Å²) in [6.45, 7) is 8.08. The molecule has 180 valence electrons. The Hall–Kier alpha value is -2.74. The minimum atomic E-state index is -3.47. The van der Waals surface area contributed by atoms with Crippen molar-refractivity contribution in [2.24, 2.45) is 0 Å². The molecule has 0 spiro atoms. The monoisotopic (exact) mass is 474 g/mol. The minimum Gasteiger partial charge on any atom is -0.497 e. The Labute approximate surface area is 197 Å². The number of nitrogens with zero attached hydrogens (tertiary/aromatic N) is 1. The SMILES string of the molecule is COc1ccc2c(c1)OC(C)(C)CC2NC(=O)CCCN(c1cccc(C)c1C)S(C)(=O)=O. The molecular formula is C25H34N2O5S. The zero-order valence-electron chi connectivity index (χ0n) is 20.3. The highest BCUT2D eigenvalue weighted by Gasteiger charge is 2.34. The zero-order valence-corrected chi connectivity index (χ0v) is 21.1. The molecule has 3 rings (SSSR count). The molecule has 1 aliphatic heterocycles. The van der Waals surface area contributed by atoms with Gasteiger partial charge in [0, 0.05) is 31.0 Å². The Balaban J connectivity index is 1.68. The van der Waals surface area contributed by atoms with E-state index >= 15 is 0 Å². The van der Waals surface area contributed by atoms with E-state index in [0.717, 1.165) is 16.7 Å². The van der Waals surface area contributed by atoms with Crippen LogP contribution >= 0.6 is 0 Å². The standard InChI is InChI=1S/C25H34N2O5S/c1-17-9-7-10-22(18(17)2)27(33(6,29)30)14-8-11-24(28)26-21-16-25(3,4)32-23-15-19(31-5)12-13-20(21)23/h7,9-10,12-13,15,21H,8,11,14,16H2,1-6H3,(H,26,28). The normalized spacial score (nSPS) is 17.0. The van der Waals surface area contributed by atoms with Crippen molar-refractivity contribution in [3.63, 3.8) is 0 Å². The van der Waals surface area contributed by atoms with Crippen molar-refractivity contribution in [3.8, 4) is 11.5 Å². The smallest absolute Gasteiger partial charge is 0.232 e. The molecule has 0 bridgehead atoms. The molecule has 1 atom stereocenters. The predicted octanol–water partition coefficient (Wildman–Crippen LogP) is 4.28. The fourth-order valence-corrected chi connectivity index (χ4v) is 5.22. The van der Waals surface area contributed by atoms with Gasteiger partial charge in [-0.25, -0.2) is 8.42 Å². The Bertz CT molecular complexity index is 1130. The van der Waals surface area contributed by atoms with Crippen LogP contribution in [0.5, 0.6) is 11.5 Å². The average molecular weight is 475 g/mol. The summed E-state index contributed by atoms with van der Waals surface area (Å²) in [4.78, 5) is 12.8. The number of methoxy groups -OCH3 is 1. The highest BCUT2D eigenvalue weighted by Crippen LogP contribution is 2.41. The fourth-order valence-electron chi connectivity index (χ4n) is 4.21. The Morgan fingerprint density at radius 3 is 2.64 bits per heavy atom. The molecule has 2 aromatic rings. The van der Waals surface area contributed by atoms with Gasteiger partial charge in [-0.3, -0.25) is 9.10 Å². The number of hydrogen-bond donors (Lipinski definition) is 1. The van der Waals surface area contributed by atoms with Crippen LogP contribution < -0.4 is 19.1 Å². The van der Waals surface area contributed by atoms with E-state index < -0.39 is 15.6 Å². The van der Waals surface area contributed by atoms with E-state index in [0.29, 0.717) is 30.0 Å². The lowest BCUT2D eigenvalue weighted by molar-refractivity contribution is -0.122. The second kappa shape index (κ2) is 9.63. The molecule has 0 aromatic heterocycles. The zero-order chi connectivity index (χ0) is 24.4. The lowest BCUT2D eigenvalue weighted by atomic mass is 9.89. The number of anilines is 1. The molecule has 33 heavy (non-hydrogen) atoms. The van der Waals surface area contributed by atoms with Gasteiger partial charge in [-0.15, -0.1) is 0 Å². The third-order valence-corrected chi connectivity index (χ3v) is 7.20. The van der Waals surface area contributed by atoms with E-state index in [1.165, 1.54) is 10.6 Å². The van der Waals surface area contributed by atoms with Crippen molar-refractivity contribution >= 4 is 21.6 Å². The molecule has 0 saturated heterocycles. The minimum absolute atomic E-state index is 0.117. The van der Waals surface area contributed by atoms with Crippen LogP contribution in [0.4, 0.5) is 5.69 Å². The first-order valence-corrected chi connectivity index (χ1v) is 13.0. The number of sulfonamides is 1. The van der Waals surface area contributed by atoms with Crippen LogP contribution in [0.3, 0.4) is 0 Å². The van der Waals surface area contributed by atoms with Crippen LogP contribution in [-0.4, -0.2) is 39.8 Å². The molecule has 2 aromatic carbocycles. The number of carbonyl (C=O) groups excluding carboxylic acids is 1. The van der Waals surface area contributed by atoms with E-state index in [1.807, 2.05) is 58.0 Å². The van der Waals surface area contributed by atoms with Gasteiger partial charge in [0.05, 0.1) is 25.1 Å². The van der Waals surface area contributed by atoms with Gasteiger partial charge in [0.2, 0.25) is 15.9 Å². The number of fused-ring (bicyclic) bond motifs is 1. The molecule has 1 aliphatic rings. The molecule has 1 amide bonds. The molecule has 0 aliphatic carbocycles. The molecule has 1 unspecified atom stereocenters. The van der Waals surface area contributed by atoms with Gasteiger partial charge in [0.25, 0.3) is 0 Å². The highest BCUT2D eigenvalue weighted by molar-refractivity contribution is 7.92. The number of ether oxygens (including phenoxy) is 2. The highest BCUT2D eigenvalue weighted by atomic mass is 32.2. The lowest BCUT2D eigenvalue weighted by Crippen LogP contribution is -2.41. The topological polar surface area (TPSA) is 84.9 Å². The summed E-state index contributed by atoms with van der Waals surface area (Å²) in [5, 5.41) is 3.11. The summed E-state index contributed by atoms with van der Waals surface area (Å²) < 4.78 is 37.7. The van der Waals surface area contributed by atoms with Crippen molar-refractivity contribution in [1.82, 2.24) is 5.32 Å². The van der Waals surface area contributed by atoms with E-state index in [-0.39, 0.29) is 24.9 Å². The number of rotatable bonds is 8. The Kier molecular flexibility index (Phi) is 7.26. The Morgan fingerprint density at radius 2 is 1.97 bits per heavy atom. The van der Waals surface area contributed by atoms with Gasteiger partial charge in [-0.1, -0.05) is 12.1 Å². The van der Waals surface area contributed by atoms with Gasteiger partial charge in [0.1, 0.15) is 17.1 Å². The van der Waals surface area contributed by atoms with Crippen LogP contribution in [0.1, 0.15) is 55.8 Å². The lowest BCUT2D eigenvalue weighted by Gasteiger charge is -2.38. The van der Waals surface area contributed by atoms with Crippen LogP contribution in [-0.2, 0) is 14.8 Å². The molecule has 8 heteroatoms. The van der Waals surface area contributed by atoms with E-state index in [2.05, 4.69) is 5.32 Å². The number of amides is 1. The van der Waals surface area contributed by atoms with Gasteiger partial charge < -0.3 is 14.8 Å². The van der Waals surface area contributed by atoms with Gasteiger partial charge in [0.15, 0.2) is 0 Å². The fraction of sp³-hybridized carbons (Fsp3) is 0.480. The molecule has 1 N–H and O–H groups in total. The first-order chi connectivity index (χ1) is 15.4. The van der Waals surface area contributed by atoms with Gasteiger partial charge in [-0.2, -0.15) is 0 Å². The molecular weight excluding hydrogens is 440 g/mol. The number of hydrogen-bond acceptors (Lipinski definition) is 5. The second-order valence-corrected chi connectivity index (χ2v) is 11.2. The summed E-state index contributed by atoms with van der Waals surface area (Å²) in [6.07, 6.45) is 2.47. The first-order valence-electron chi connectivity index (χ1n) is 11.1. The predicted molar refractivity (Wildman–Crippen MR) is 131 cm³/mol. The van der Waals surface area contributed by atoms with E-state index in [9.17, 15) is 13.2 Å². The molecule has 0 radical (unpaired) electrons. The molecule has 7 nitrogen and oxygen atoms in total. The summed E-state index contributed by atoms with van der Waals surface area (Å²) in [7, 11) is -1.87. The van der Waals surface area contributed by atoms with Crippen molar-refractivity contribution in [2.75, 3.05) is 24.2 Å². The summed E-state index contributed by atoms with van der Waals surface area (Å²) in [5.41, 5.74) is 3.08. The number of aryl methyl sites for hydroxylation is 1. The van der Waals surface area contributed by atoms with Crippen LogP contribution in [0.15, 0.2) is 36.4 Å². The van der Waals surface area contributed by atoms with E-state index in [1.54, 1.807) is 13.2 Å². The summed E-state index contributed by atoms with van der Waals surface area (Å²) >= 11 is 0. The molecule has 1 heterocycles. The summed E-state index contributed by atoms with van der Waals surface area (Å²) in [6, 6.07) is 11.0. The van der Waals surface area contributed by atoms with Crippen LogP contribution in [0, 0.1) is 13.8 Å². The maximum atomic E-state index is 12.8. The third-order valence-electron chi connectivity index (χ3n) is 6.02. The molecule has 0 saturated carbocycles. The van der Waals surface area contributed by atoms with Gasteiger partial charge in [-0.05, 0) is 63.4 Å². The summed E-state index contributed by atoms with van der Waals surface area (Å²) in [5.74, 6) is 1.28. The molecule has 0 fully saturated rings. The van der Waals surface area contributed by atoms with E-state index in [4.69, 9.17) is 9.47 Å². The quantitative estimate of drug-likeness (QED) is 0.617. The van der Waals surface area contributed by atoms with Crippen LogP contribution in [0.2, 0.25) is 0 Å². The number of nitrogens with one attached hydrogen (secondary N) is 1. The maximum absolute atomic E-state index is 12.8. The average Bonchev–Trinajstić information content (AvgIpc) is 2.71. The maximum Gasteiger partial charge on any atom is 0.232 e. The first kappa shape index (κ1) is 24.9.